The Balaban J connectivity index is 0.000000252. The van der Waals surface area contributed by atoms with E-state index in [1.807, 2.05) is 0 Å². The Morgan fingerprint density at radius 2 is 0.814 bits per heavy atom. The minimum atomic E-state index is -0.426. The van der Waals surface area contributed by atoms with Gasteiger partial charge in [-0.15, -0.1) is 0 Å². The Hall–Kier alpha value is -7.48. The number of rotatable bonds is 6. The molecule has 1 aliphatic carbocycles. The fourth-order valence-corrected chi connectivity index (χ4v) is 9.22. The van der Waals surface area contributed by atoms with Crippen LogP contribution in [0.3, 0.4) is 0 Å². The summed E-state index contributed by atoms with van der Waals surface area (Å²) in [6, 6.07) is 87.6. The monoisotopic (exact) mass is 753 g/mol. The van der Waals surface area contributed by atoms with Crippen LogP contribution in [0.25, 0.3) is 54.9 Å². The number of hydrogen-bond acceptors (Lipinski definition) is 1. The number of nitrogens with zero attached hydrogens (tertiary/aromatic N) is 1. The molecule has 10 aromatic rings. The van der Waals surface area contributed by atoms with Gasteiger partial charge in [-0.2, -0.15) is 0 Å². The average molecular weight is 754 g/mol. The third-order valence-electron chi connectivity index (χ3n) is 12.0. The van der Waals surface area contributed by atoms with Crippen molar-refractivity contribution in [2.75, 3.05) is 11.9 Å². The van der Waals surface area contributed by atoms with E-state index in [2.05, 4.69) is 255 Å². The maximum atomic E-state index is 2.43. The first kappa shape index (κ1) is 35.9. The number of benzene rings is 10. The van der Waals surface area contributed by atoms with Gasteiger partial charge in [-0.1, -0.05) is 218 Å². The molecule has 1 heteroatoms. The quantitative estimate of drug-likeness (QED) is 0.153. The molecule has 11 rings (SSSR count). The highest BCUT2D eigenvalue weighted by Crippen LogP contribution is 2.57. The standard InChI is InChI=1S/C44H33N.C14H10/c1-45(43-29-26-34(32-16-6-2-7-17-32)30-40(43)33-18-8-3-9-19-33)37-27-28-39-38-24-14-15-25-41(38)44(42(39)31-37,35-20-10-4-11-21-35)36-22-12-5-13-23-36;1-3-7-13-11(5-1)9-10-12-6-2-4-8-14(12)13/h2-31H,1H3;1-10H. The lowest BCUT2D eigenvalue weighted by Crippen LogP contribution is -2.28. The highest BCUT2D eigenvalue weighted by atomic mass is 15.1. The Kier molecular flexibility index (Phi) is 9.41. The van der Waals surface area contributed by atoms with Crippen LogP contribution < -0.4 is 4.90 Å². The molecule has 0 aliphatic heterocycles. The van der Waals surface area contributed by atoms with Crippen molar-refractivity contribution in [1.29, 1.82) is 0 Å². The molecule has 0 fully saturated rings. The maximum Gasteiger partial charge on any atom is 0.0714 e. The SMILES string of the molecule is CN(c1ccc2c(c1)C(c1ccccc1)(c1ccccc1)c1ccccc1-2)c1ccc(-c2ccccc2)cc1-c1ccccc1.c1ccc2c(c1)ccc1ccccc12. The number of anilines is 2. The van der Waals surface area contributed by atoms with Crippen molar-refractivity contribution in [3.8, 4) is 33.4 Å². The van der Waals surface area contributed by atoms with Gasteiger partial charge in [-0.05, 0) is 95.9 Å². The first-order valence-electron chi connectivity index (χ1n) is 20.4. The van der Waals surface area contributed by atoms with Crippen LogP contribution in [-0.4, -0.2) is 7.05 Å². The van der Waals surface area contributed by atoms with E-state index in [1.54, 1.807) is 0 Å². The second-order valence-corrected chi connectivity index (χ2v) is 15.3. The molecule has 0 saturated carbocycles. The smallest absolute Gasteiger partial charge is 0.0714 e. The van der Waals surface area contributed by atoms with Gasteiger partial charge in [0.15, 0.2) is 0 Å². The van der Waals surface area contributed by atoms with Gasteiger partial charge in [0.05, 0.1) is 5.41 Å². The van der Waals surface area contributed by atoms with E-state index in [0.29, 0.717) is 0 Å². The first-order chi connectivity index (χ1) is 29.2. The summed E-state index contributed by atoms with van der Waals surface area (Å²) < 4.78 is 0. The Morgan fingerprint density at radius 1 is 0.322 bits per heavy atom. The maximum absolute atomic E-state index is 2.43. The molecule has 0 aromatic heterocycles. The summed E-state index contributed by atoms with van der Waals surface area (Å²) in [5, 5.41) is 5.30. The lowest BCUT2D eigenvalue weighted by atomic mass is 9.67. The first-order valence-corrected chi connectivity index (χ1v) is 20.4. The Bertz CT molecular complexity index is 2950. The van der Waals surface area contributed by atoms with Crippen molar-refractivity contribution < 1.29 is 0 Å². The molecule has 1 nitrogen and oxygen atoms in total. The fraction of sp³-hybridized carbons (Fsp3) is 0.0345. The molecule has 0 radical (unpaired) electrons. The Labute approximate surface area is 347 Å². The lowest BCUT2D eigenvalue weighted by molar-refractivity contribution is 0.768. The zero-order valence-electron chi connectivity index (χ0n) is 33.0. The van der Waals surface area contributed by atoms with Crippen LogP contribution in [0.4, 0.5) is 11.4 Å². The van der Waals surface area contributed by atoms with Crippen LogP contribution in [0, 0.1) is 0 Å². The van der Waals surface area contributed by atoms with Crippen molar-refractivity contribution >= 4 is 32.9 Å². The van der Waals surface area contributed by atoms with Gasteiger partial charge in [0.25, 0.3) is 0 Å². The summed E-state index contributed by atoms with van der Waals surface area (Å²) in [7, 11) is 2.19. The van der Waals surface area contributed by atoms with E-state index >= 15 is 0 Å². The zero-order chi connectivity index (χ0) is 39.6. The zero-order valence-corrected chi connectivity index (χ0v) is 33.0. The van der Waals surface area contributed by atoms with Gasteiger partial charge < -0.3 is 4.90 Å². The minimum absolute atomic E-state index is 0.426. The predicted molar refractivity (Wildman–Crippen MR) is 251 cm³/mol. The van der Waals surface area contributed by atoms with Gasteiger partial charge >= 0.3 is 0 Å². The van der Waals surface area contributed by atoms with E-state index < -0.39 is 5.41 Å². The van der Waals surface area contributed by atoms with E-state index in [9.17, 15) is 0 Å². The van der Waals surface area contributed by atoms with Crippen LogP contribution in [-0.2, 0) is 5.41 Å². The van der Waals surface area contributed by atoms with E-state index in [-0.39, 0.29) is 0 Å². The highest BCUT2D eigenvalue weighted by molar-refractivity contribution is 6.07. The molecule has 280 valence electrons. The van der Waals surface area contributed by atoms with E-state index in [4.69, 9.17) is 0 Å². The molecule has 0 unspecified atom stereocenters. The second-order valence-electron chi connectivity index (χ2n) is 15.3. The molecule has 0 atom stereocenters. The molecule has 1 aliphatic rings. The molecule has 0 N–H and O–H groups in total. The molecule has 0 spiro atoms. The van der Waals surface area contributed by atoms with Crippen LogP contribution in [0.5, 0.6) is 0 Å². The summed E-state index contributed by atoms with van der Waals surface area (Å²) in [6.07, 6.45) is 0. The highest BCUT2D eigenvalue weighted by Gasteiger charge is 2.46. The van der Waals surface area contributed by atoms with Gasteiger partial charge in [-0.25, -0.2) is 0 Å². The van der Waals surface area contributed by atoms with E-state index in [0.717, 1.165) is 5.69 Å². The van der Waals surface area contributed by atoms with Crippen LogP contribution >= 0.6 is 0 Å². The molecule has 59 heavy (non-hydrogen) atoms. The number of hydrogen-bond donors (Lipinski definition) is 0. The predicted octanol–water partition coefficient (Wildman–Crippen LogP) is 15.1. The molecular weight excluding hydrogens is 711 g/mol. The topological polar surface area (TPSA) is 3.24 Å². The van der Waals surface area contributed by atoms with Crippen LogP contribution in [0.2, 0.25) is 0 Å². The third kappa shape index (κ3) is 6.38. The third-order valence-corrected chi connectivity index (χ3v) is 12.0. The van der Waals surface area contributed by atoms with Crippen molar-refractivity contribution in [3.05, 3.63) is 265 Å². The molecule has 0 saturated heterocycles. The summed E-state index contributed by atoms with van der Waals surface area (Å²) in [5.41, 5.74) is 14.5. The normalized spacial score (nSPS) is 12.3. The van der Waals surface area contributed by atoms with Crippen molar-refractivity contribution in [2.45, 2.75) is 5.41 Å². The summed E-state index contributed by atoms with van der Waals surface area (Å²) in [5.74, 6) is 0. The Morgan fingerprint density at radius 3 is 1.42 bits per heavy atom. The summed E-state index contributed by atoms with van der Waals surface area (Å²) in [4.78, 5) is 2.35. The fourth-order valence-electron chi connectivity index (χ4n) is 9.22. The largest absolute Gasteiger partial charge is 0.344 e. The number of fused-ring (bicyclic) bond motifs is 6. The molecule has 0 amide bonds. The molecule has 0 heterocycles. The molecular formula is C58H43N. The van der Waals surface area contributed by atoms with Crippen LogP contribution in [0.15, 0.2) is 243 Å². The van der Waals surface area contributed by atoms with Gasteiger partial charge in [-0.3, -0.25) is 0 Å². The van der Waals surface area contributed by atoms with Crippen molar-refractivity contribution in [2.24, 2.45) is 0 Å². The van der Waals surface area contributed by atoms with Crippen LogP contribution in [0.1, 0.15) is 22.3 Å². The van der Waals surface area contributed by atoms with Gasteiger partial charge in [0, 0.05) is 24.0 Å². The molecule has 0 bridgehead atoms. The molecule has 10 aromatic carbocycles. The van der Waals surface area contributed by atoms with Crippen molar-refractivity contribution in [3.63, 3.8) is 0 Å². The summed E-state index contributed by atoms with van der Waals surface area (Å²) in [6.45, 7) is 0. The van der Waals surface area contributed by atoms with Crippen molar-refractivity contribution in [1.82, 2.24) is 0 Å². The minimum Gasteiger partial charge on any atom is -0.344 e. The second kappa shape index (κ2) is 15.5. The van der Waals surface area contributed by atoms with Gasteiger partial charge in [0.2, 0.25) is 0 Å². The lowest BCUT2D eigenvalue weighted by Gasteiger charge is -2.34. The van der Waals surface area contributed by atoms with E-state index in [1.165, 1.54) is 82.9 Å². The summed E-state index contributed by atoms with van der Waals surface area (Å²) >= 11 is 0. The van der Waals surface area contributed by atoms with Gasteiger partial charge in [0.1, 0.15) is 0 Å². The average Bonchev–Trinajstić information content (AvgIpc) is 3.63.